The molecule has 0 radical (unpaired) electrons. The van der Waals surface area contributed by atoms with Crippen LogP contribution >= 0.6 is 11.8 Å². The fourth-order valence-electron chi connectivity index (χ4n) is 7.93. The molecule has 0 saturated carbocycles. The van der Waals surface area contributed by atoms with Gasteiger partial charge in [-0.15, -0.1) is 11.8 Å². The quantitative estimate of drug-likeness (QED) is 0.0297. The summed E-state index contributed by atoms with van der Waals surface area (Å²) in [5.74, 6) is 0.733. The molecule has 0 spiro atoms. The van der Waals surface area contributed by atoms with Crippen LogP contribution in [-0.2, 0) is 19.1 Å². The molecule has 0 bridgehead atoms. The van der Waals surface area contributed by atoms with E-state index in [1.807, 2.05) is 0 Å². The molecular formula is C50H92N2O6S. The number of carbonyl (C=O) groups excluding carboxylic acids is 2. The SMILES string of the molecule is CCCCCCCCCCCOC(=O)CCCCCN(CCCCCCCC(=O)OC(CCCCCCCC)CCCCCCCC)CCCSc1c(NC)c(=O)c1=O. The van der Waals surface area contributed by atoms with E-state index in [4.69, 9.17) is 9.47 Å². The first-order valence-corrected chi connectivity index (χ1v) is 26.1. The van der Waals surface area contributed by atoms with Crippen LogP contribution in [-0.4, -0.2) is 62.0 Å². The zero-order chi connectivity index (χ0) is 43.0. The lowest BCUT2D eigenvalue weighted by molar-refractivity contribution is -0.150. The number of ether oxygens (including phenoxy) is 2. The van der Waals surface area contributed by atoms with E-state index in [0.717, 1.165) is 122 Å². The maximum atomic E-state index is 12.8. The molecule has 0 amide bonds. The summed E-state index contributed by atoms with van der Waals surface area (Å²) in [7, 11) is 1.69. The summed E-state index contributed by atoms with van der Waals surface area (Å²) in [4.78, 5) is 52.0. The summed E-state index contributed by atoms with van der Waals surface area (Å²) in [5.41, 5.74) is -0.313. The highest BCUT2D eigenvalue weighted by molar-refractivity contribution is 7.99. The van der Waals surface area contributed by atoms with Crippen LogP contribution in [0.2, 0.25) is 0 Å². The molecule has 0 fully saturated rings. The first-order chi connectivity index (χ1) is 28.9. The van der Waals surface area contributed by atoms with Gasteiger partial charge in [0, 0.05) is 19.9 Å². The van der Waals surface area contributed by atoms with E-state index in [-0.39, 0.29) is 23.5 Å². The van der Waals surface area contributed by atoms with Crippen LogP contribution < -0.4 is 16.2 Å². The zero-order valence-electron chi connectivity index (χ0n) is 39.0. The molecule has 8 nitrogen and oxygen atoms in total. The minimum Gasteiger partial charge on any atom is -0.466 e. The standard InChI is InChI=1S/C50H92N2O6S/c1-5-8-11-14-17-18-19-25-33-42-57-45(53)37-30-26-32-40-52(41-34-43-59-50-47(51-4)48(55)49(50)56)39-31-24-20-23-29-38-46(54)58-44(35-27-21-15-12-9-6-2)36-28-22-16-13-10-7-3/h44,51H,5-43H2,1-4H3. The fourth-order valence-corrected chi connectivity index (χ4v) is 8.97. The van der Waals surface area contributed by atoms with Gasteiger partial charge in [0.1, 0.15) is 11.8 Å². The van der Waals surface area contributed by atoms with Crippen molar-refractivity contribution < 1.29 is 19.1 Å². The topological polar surface area (TPSA) is 102 Å². The zero-order valence-corrected chi connectivity index (χ0v) is 39.8. The van der Waals surface area contributed by atoms with Crippen molar-refractivity contribution in [3.63, 3.8) is 0 Å². The summed E-state index contributed by atoms with van der Waals surface area (Å²) in [6.45, 7) is 10.3. The molecule has 0 aliphatic carbocycles. The van der Waals surface area contributed by atoms with Crippen molar-refractivity contribution in [3.8, 4) is 0 Å². The summed E-state index contributed by atoms with van der Waals surface area (Å²) in [6, 6.07) is 0. The van der Waals surface area contributed by atoms with Crippen molar-refractivity contribution in [1.29, 1.82) is 0 Å². The average Bonchev–Trinajstić information content (AvgIpc) is 3.23. The Morgan fingerprint density at radius 1 is 0.525 bits per heavy atom. The van der Waals surface area contributed by atoms with Crippen molar-refractivity contribution in [2.24, 2.45) is 0 Å². The number of thioether (sulfide) groups is 1. The average molecular weight is 849 g/mol. The number of anilines is 1. The molecule has 344 valence electrons. The number of nitrogens with one attached hydrogen (secondary N) is 1. The number of rotatable bonds is 45. The minimum absolute atomic E-state index is 0.00588. The molecule has 1 aromatic carbocycles. The Hall–Kier alpha value is -1.87. The molecule has 0 atom stereocenters. The molecular weight excluding hydrogens is 757 g/mol. The monoisotopic (exact) mass is 849 g/mol. The maximum Gasteiger partial charge on any atom is 0.306 e. The third-order valence-corrected chi connectivity index (χ3v) is 12.9. The van der Waals surface area contributed by atoms with Crippen LogP contribution in [0.3, 0.4) is 0 Å². The lowest BCUT2D eigenvalue weighted by Gasteiger charge is -2.22. The van der Waals surface area contributed by atoms with E-state index in [2.05, 4.69) is 31.0 Å². The van der Waals surface area contributed by atoms with Crippen LogP contribution in [0.15, 0.2) is 14.5 Å². The summed E-state index contributed by atoms with van der Waals surface area (Å²) >= 11 is 1.49. The molecule has 1 aromatic rings. The highest BCUT2D eigenvalue weighted by atomic mass is 32.2. The molecule has 0 aliphatic rings. The van der Waals surface area contributed by atoms with Gasteiger partial charge < -0.3 is 19.7 Å². The molecule has 0 heterocycles. The van der Waals surface area contributed by atoms with Gasteiger partial charge in [0.25, 0.3) is 5.43 Å². The molecule has 0 aliphatic heterocycles. The van der Waals surface area contributed by atoms with Gasteiger partial charge in [-0.3, -0.25) is 19.2 Å². The van der Waals surface area contributed by atoms with Gasteiger partial charge in [0.05, 0.1) is 11.5 Å². The summed E-state index contributed by atoms with van der Waals surface area (Å²) in [5, 5.41) is 2.87. The first-order valence-electron chi connectivity index (χ1n) is 25.1. The van der Waals surface area contributed by atoms with Crippen LogP contribution in [0.25, 0.3) is 0 Å². The lowest BCUT2D eigenvalue weighted by atomic mass is 10.0. The van der Waals surface area contributed by atoms with E-state index in [9.17, 15) is 19.2 Å². The van der Waals surface area contributed by atoms with Gasteiger partial charge in [0.2, 0.25) is 5.43 Å². The largest absolute Gasteiger partial charge is 0.466 e. The van der Waals surface area contributed by atoms with Crippen LogP contribution in [0, 0.1) is 0 Å². The van der Waals surface area contributed by atoms with Crippen molar-refractivity contribution >= 4 is 29.4 Å². The molecule has 1 N–H and O–H groups in total. The minimum atomic E-state index is -0.405. The van der Waals surface area contributed by atoms with Gasteiger partial charge >= 0.3 is 11.9 Å². The normalized spacial score (nSPS) is 11.6. The highest BCUT2D eigenvalue weighted by Gasteiger charge is 2.20. The van der Waals surface area contributed by atoms with E-state index < -0.39 is 5.43 Å². The number of carbonyl (C=O) groups is 2. The van der Waals surface area contributed by atoms with E-state index in [1.54, 1.807) is 7.05 Å². The number of hydrogen-bond acceptors (Lipinski definition) is 9. The number of nitrogens with zero attached hydrogens (tertiary/aromatic N) is 1. The van der Waals surface area contributed by atoms with Gasteiger partial charge in [0.15, 0.2) is 0 Å². The molecule has 1 rings (SSSR count). The van der Waals surface area contributed by atoms with Crippen LogP contribution in [0.5, 0.6) is 0 Å². The van der Waals surface area contributed by atoms with Crippen LogP contribution in [0.4, 0.5) is 5.69 Å². The Kier molecular flexibility index (Phi) is 37.6. The first kappa shape index (κ1) is 55.1. The van der Waals surface area contributed by atoms with Gasteiger partial charge in [-0.05, 0) is 89.6 Å². The second-order valence-electron chi connectivity index (χ2n) is 17.3. The number of esters is 2. The Labute approximate surface area is 367 Å². The molecule has 59 heavy (non-hydrogen) atoms. The van der Waals surface area contributed by atoms with Crippen molar-refractivity contribution in [2.45, 2.75) is 250 Å². The lowest BCUT2D eigenvalue weighted by Crippen LogP contribution is -2.35. The fraction of sp³-hybridized carbons (Fsp3) is 0.880. The molecule has 0 saturated heterocycles. The second-order valence-corrected chi connectivity index (χ2v) is 18.4. The second kappa shape index (κ2) is 40.2. The number of hydrogen-bond donors (Lipinski definition) is 1. The Morgan fingerprint density at radius 3 is 1.47 bits per heavy atom. The number of unbranched alkanes of at least 4 members (excludes halogenated alkanes) is 24. The van der Waals surface area contributed by atoms with E-state index in [0.29, 0.717) is 30.0 Å². The highest BCUT2D eigenvalue weighted by Crippen LogP contribution is 2.23. The van der Waals surface area contributed by atoms with Gasteiger partial charge in [-0.2, -0.15) is 0 Å². The maximum absolute atomic E-state index is 12.8. The van der Waals surface area contributed by atoms with Crippen molar-refractivity contribution in [1.82, 2.24) is 4.90 Å². The van der Waals surface area contributed by atoms with E-state index >= 15 is 0 Å². The molecule has 9 heteroatoms. The third-order valence-electron chi connectivity index (χ3n) is 11.8. The predicted octanol–water partition coefficient (Wildman–Crippen LogP) is 13.5. The smallest absolute Gasteiger partial charge is 0.306 e. The summed E-state index contributed by atoms with van der Waals surface area (Å²) in [6.07, 6.45) is 38.8. The molecule has 0 unspecified atom stereocenters. The van der Waals surface area contributed by atoms with Crippen molar-refractivity contribution in [3.05, 3.63) is 20.4 Å². The predicted molar refractivity (Wildman–Crippen MR) is 253 cm³/mol. The molecule has 0 aromatic heterocycles. The van der Waals surface area contributed by atoms with Crippen LogP contribution in [0.1, 0.15) is 239 Å². The Bertz CT molecular complexity index is 1180. The van der Waals surface area contributed by atoms with Crippen molar-refractivity contribution in [2.75, 3.05) is 44.4 Å². The van der Waals surface area contributed by atoms with Gasteiger partial charge in [-0.25, -0.2) is 0 Å². The Morgan fingerprint density at radius 2 is 0.949 bits per heavy atom. The Balaban J connectivity index is 2.37. The summed E-state index contributed by atoms with van der Waals surface area (Å²) < 4.78 is 11.6. The van der Waals surface area contributed by atoms with E-state index in [1.165, 1.54) is 121 Å². The third kappa shape index (κ3) is 30.8. The van der Waals surface area contributed by atoms with Gasteiger partial charge in [-0.1, -0.05) is 162 Å².